The van der Waals surface area contributed by atoms with Gasteiger partial charge in [-0.2, -0.15) is 0 Å². The molecule has 1 aromatic carbocycles. The third-order valence-corrected chi connectivity index (χ3v) is 5.70. The van der Waals surface area contributed by atoms with Gasteiger partial charge in [-0.05, 0) is 37.5 Å². The van der Waals surface area contributed by atoms with Gasteiger partial charge in [-0.15, -0.1) is 0 Å². The van der Waals surface area contributed by atoms with Crippen LogP contribution < -0.4 is 14.9 Å². The van der Waals surface area contributed by atoms with E-state index >= 15 is 0 Å². The van der Waals surface area contributed by atoms with Gasteiger partial charge in [-0.25, -0.2) is 13.2 Å². The average molecular weight is 330 g/mol. The smallest absolute Gasteiger partial charge is 0.319 e. The maximum absolute atomic E-state index is 11.9. The van der Waals surface area contributed by atoms with Crippen LogP contribution in [-0.4, -0.2) is 32.8 Å². The predicted octanol–water partition coefficient (Wildman–Crippen LogP) is 2.16. The van der Waals surface area contributed by atoms with E-state index in [1.54, 1.807) is 18.2 Å². The third-order valence-electron chi connectivity index (χ3n) is 3.50. The summed E-state index contributed by atoms with van der Waals surface area (Å²) < 4.78 is 25.2. The second-order valence-electron chi connectivity index (χ2n) is 5.28. The lowest BCUT2D eigenvalue weighted by Gasteiger charge is -2.18. The first kappa shape index (κ1) is 14.5. The lowest BCUT2D eigenvalue weighted by Crippen LogP contribution is -2.30. The number of carbonyl (C=O) groups is 1. The number of carbonyl (C=O) groups excluding carboxylic acids is 1. The standard InChI is InChI=1S/C13H16ClN3O3S/c14-11-5-4-10(17-6-1-7-21(17,19)20)8-12(11)16-13(18)15-9-2-3-9/h4-5,8-9H,1-3,6-7H2,(H2,15,16,18). The molecule has 0 aromatic heterocycles. The zero-order valence-electron chi connectivity index (χ0n) is 11.3. The molecule has 1 saturated heterocycles. The first-order chi connectivity index (χ1) is 9.95. The summed E-state index contributed by atoms with van der Waals surface area (Å²) in [6, 6.07) is 4.76. The van der Waals surface area contributed by atoms with Gasteiger partial charge in [0.2, 0.25) is 10.0 Å². The van der Waals surface area contributed by atoms with E-state index in [0.29, 0.717) is 29.4 Å². The summed E-state index contributed by atoms with van der Waals surface area (Å²) in [5.41, 5.74) is 0.938. The van der Waals surface area contributed by atoms with Crippen molar-refractivity contribution in [1.82, 2.24) is 5.32 Å². The number of benzene rings is 1. The minimum atomic E-state index is -3.25. The second-order valence-corrected chi connectivity index (χ2v) is 7.70. The van der Waals surface area contributed by atoms with Crippen LogP contribution >= 0.6 is 11.6 Å². The Morgan fingerprint density at radius 2 is 2.10 bits per heavy atom. The van der Waals surface area contributed by atoms with Crippen molar-refractivity contribution in [2.45, 2.75) is 25.3 Å². The molecule has 0 unspecified atom stereocenters. The van der Waals surface area contributed by atoms with Crippen LogP contribution in [0, 0.1) is 0 Å². The van der Waals surface area contributed by atoms with E-state index in [-0.39, 0.29) is 17.8 Å². The third kappa shape index (κ3) is 3.24. The molecule has 0 atom stereocenters. The van der Waals surface area contributed by atoms with Gasteiger partial charge in [0.1, 0.15) is 0 Å². The number of halogens is 1. The van der Waals surface area contributed by atoms with Gasteiger partial charge in [-0.3, -0.25) is 4.31 Å². The van der Waals surface area contributed by atoms with E-state index in [9.17, 15) is 13.2 Å². The molecule has 2 aliphatic rings. The van der Waals surface area contributed by atoms with Crippen LogP contribution in [0.1, 0.15) is 19.3 Å². The fourth-order valence-corrected chi connectivity index (χ4v) is 3.99. The van der Waals surface area contributed by atoms with Gasteiger partial charge in [0, 0.05) is 12.6 Å². The lowest BCUT2D eigenvalue weighted by atomic mass is 10.2. The van der Waals surface area contributed by atoms with Crippen LogP contribution in [0.5, 0.6) is 0 Å². The van der Waals surface area contributed by atoms with Gasteiger partial charge in [0.05, 0.1) is 22.2 Å². The number of rotatable bonds is 3. The molecule has 3 rings (SSSR count). The van der Waals surface area contributed by atoms with Gasteiger partial charge in [-0.1, -0.05) is 11.6 Å². The van der Waals surface area contributed by atoms with Crippen molar-refractivity contribution in [3.63, 3.8) is 0 Å². The van der Waals surface area contributed by atoms with Crippen LogP contribution in [0.15, 0.2) is 18.2 Å². The molecule has 0 bridgehead atoms. The summed E-state index contributed by atoms with van der Waals surface area (Å²) in [6.45, 7) is 0.456. The Morgan fingerprint density at radius 3 is 2.71 bits per heavy atom. The van der Waals surface area contributed by atoms with Crippen LogP contribution in [0.4, 0.5) is 16.2 Å². The van der Waals surface area contributed by atoms with Crippen LogP contribution in [0.25, 0.3) is 0 Å². The Balaban J connectivity index is 1.80. The summed E-state index contributed by atoms with van der Waals surface area (Å²) in [5, 5.41) is 5.84. The number of amides is 2. The van der Waals surface area contributed by atoms with E-state index in [4.69, 9.17) is 11.6 Å². The molecule has 2 N–H and O–H groups in total. The van der Waals surface area contributed by atoms with Gasteiger partial charge in [0.25, 0.3) is 0 Å². The molecule has 1 aliphatic heterocycles. The number of nitrogens with one attached hydrogen (secondary N) is 2. The van der Waals surface area contributed by atoms with Crippen molar-refractivity contribution in [1.29, 1.82) is 0 Å². The highest BCUT2D eigenvalue weighted by atomic mass is 35.5. The maximum atomic E-state index is 11.9. The molecule has 2 amide bonds. The van der Waals surface area contributed by atoms with E-state index in [1.807, 2.05) is 0 Å². The summed E-state index contributed by atoms with van der Waals surface area (Å²) >= 11 is 6.06. The van der Waals surface area contributed by atoms with Crippen LogP contribution in [0.2, 0.25) is 5.02 Å². The number of hydrogen-bond acceptors (Lipinski definition) is 3. The first-order valence-electron chi connectivity index (χ1n) is 6.83. The minimum Gasteiger partial charge on any atom is -0.335 e. The molecule has 0 spiro atoms. The van der Waals surface area contributed by atoms with E-state index in [0.717, 1.165) is 12.8 Å². The molecule has 114 valence electrons. The van der Waals surface area contributed by atoms with Crippen molar-refractivity contribution in [2.75, 3.05) is 21.9 Å². The number of nitrogens with zero attached hydrogens (tertiary/aromatic N) is 1. The lowest BCUT2D eigenvalue weighted by molar-refractivity contribution is 0.251. The Morgan fingerprint density at radius 1 is 1.33 bits per heavy atom. The Labute approximate surface area is 128 Å². The van der Waals surface area contributed by atoms with Crippen molar-refractivity contribution in [3.8, 4) is 0 Å². The fourth-order valence-electron chi connectivity index (χ4n) is 2.27. The molecule has 1 aliphatic carbocycles. The molecule has 21 heavy (non-hydrogen) atoms. The summed E-state index contributed by atoms with van der Waals surface area (Å²) in [5.74, 6) is 0.153. The van der Waals surface area contributed by atoms with Crippen molar-refractivity contribution in [2.24, 2.45) is 0 Å². The predicted molar refractivity (Wildman–Crippen MR) is 82.4 cm³/mol. The monoisotopic (exact) mass is 329 g/mol. The van der Waals surface area contributed by atoms with E-state index in [1.165, 1.54) is 4.31 Å². The highest BCUT2D eigenvalue weighted by molar-refractivity contribution is 7.93. The van der Waals surface area contributed by atoms with E-state index < -0.39 is 10.0 Å². The number of urea groups is 1. The quantitative estimate of drug-likeness (QED) is 0.892. The largest absolute Gasteiger partial charge is 0.335 e. The van der Waals surface area contributed by atoms with E-state index in [2.05, 4.69) is 10.6 Å². The molecular formula is C13H16ClN3O3S. The van der Waals surface area contributed by atoms with Crippen LogP contribution in [0.3, 0.4) is 0 Å². The Bertz CT molecular complexity index is 673. The SMILES string of the molecule is O=C(Nc1cc(N2CCCS2(=O)=O)ccc1Cl)NC1CC1. The molecule has 8 heteroatoms. The summed E-state index contributed by atoms with van der Waals surface area (Å²) in [6.07, 6.45) is 2.59. The fraction of sp³-hybridized carbons (Fsp3) is 0.462. The topological polar surface area (TPSA) is 78.5 Å². The average Bonchev–Trinajstić information content (AvgIpc) is 3.14. The zero-order chi connectivity index (χ0) is 15.0. The van der Waals surface area contributed by atoms with Gasteiger partial charge < -0.3 is 10.6 Å². The van der Waals surface area contributed by atoms with Gasteiger partial charge >= 0.3 is 6.03 Å². The zero-order valence-corrected chi connectivity index (χ0v) is 12.9. The molecule has 1 saturated carbocycles. The summed E-state index contributed by atoms with van der Waals surface area (Å²) in [7, 11) is -3.25. The number of sulfonamides is 1. The second kappa shape index (κ2) is 5.38. The molecular weight excluding hydrogens is 314 g/mol. The van der Waals surface area contributed by atoms with Crippen molar-refractivity contribution in [3.05, 3.63) is 23.2 Å². The normalized spacial score (nSPS) is 20.3. The number of hydrogen-bond donors (Lipinski definition) is 2. The highest BCUT2D eigenvalue weighted by Gasteiger charge is 2.29. The number of anilines is 2. The first-order valence-corrected chi connectivity index (χ1v) is 8.82. The van der Waals surface area contributed by atoms with Crippen molar-refractivity contribution >= 4 is 39.0 Å². The molecule has 6 nitrogen and oxygen atoms in total. The minimum absolute atomic E-state index is 0.153. The highest BCUT2D eigenvalue weighted by Crippen LogP contribution is 2.31. The molecule has 1 heterocycles. The molecule has 2 fully saturated rings. The Hall–Kier alpha value is -1.47. The Kier molecular flexibility index (Phi) is 3.71. The molecule has 1 aromatic rings. The van der Waals surface area contributed by atoms with Gasteiger partial charge in [0.15, 0.2) is 0 Å². The summed E-state index contributed by atoms with van der Waals surface area (Å²) in [4.78, 5) is 11.8. The maximum Gasteiger partial charge on any atom is 0.319 e. The van der Waals surface area contributed by atoms with Crippen molar-refractivity contribution < 1.29 is 13.2 Å². The van der Waals surface area contributed by atoms with Crippen LogP contribution in [-0.2, 0) is 10.0 Å². The molecule has 0 radical (unpaired) electrons.